The van der Waals surface area contributed by atoms with Gasteiger partial charge in [-0.2, -0.15) is 0 Å². The number of carbonyl (C=O) groups is 1. The van der Waals surface area contributed by atoms with Gasteiger partial charge in [0.05, 0.1) is 6.42 Å². The van der Waals surface area contributed by atoms with Gasteiger partial charge in [-0.05, 0) is 12.5 Å². The monoisotopic (exact) mass is 160 g/mol. The van der Waals surface area contributed by atoms with E-state index in [2.05, 4.69) is 0 Å². The summed E-state index contributed by atoms with van der Waals surface area (Å²) in [5.41, 5.74) is 2.36. The molecule has 60 valence electrons. The summed E-state index contributed by atoms with van der Waals surface area (Å²) >= 11 is 0. The molecule has 0 spiro atoms. The minimum atomic E-state index is -0.833. The lowest BCUT2D eigenvalue weighted by atomic mass is 9.91. The van der Waals surface area contributed by atoms with Crippen LogP contribution in [-0.2, 0) is 11.2 Å². The maximum Gasteiger partial charge on any atom is 0.307 e. The first-order chi connectivity index (χ1) is 5.58. The standard InChI is InChI=1S/C9H9BO2/c1-6-2-7(5-9(11)12)4-8(10)3-6/h2-4H,5H2,1H3,(H,11,12). The van der Waals surface area contributed by atoms with Crippen LogP contribution in [0, 0.1) is 6.92 Å². The van der Waals surface area contributed by atoms with E-state index in [0.717, 1.165) is 11.1 Å². The van der Waals surface area contributed by atoms with Crippen LogP contribution in [0.15, 0.2) is 18.2 Å². The summed E-state index contributed by atoms with van der Waals surface area (Å²) in [7, 11) is 5.54. The first kappa shape index (κ1) is 8.85. The number of carboxylic acid groups (broad SMARTS) is 1. The number of hydrogen-bond donors (Lipinski definition) is 1. The fraction of sp³-hybridized carbons (Fsp3) is 0.222. The van der Waals surface area contributed by atoms with Crippen molar-refractivity contribution in [2.24, 2.45) is 0 Å². The number of rotatable bonds is 2. The maximum atomic E-state index is 10.4. The molecule has 12 heavy (non-hydrogen) atoms. The second kappa shape index (κ2) is 3.43. The molecule has 0 saturated carbocycles. The molecule has 0 aliphatic rings. The molecule has 0 heterocycles. The summed E-state index contributed by atoms with van der Waals surface area (Å²) in [6, 6.07) is 5.32. The predicted octanol–water partition coefficient (Wildman–Crippen LogP) is 0.416. The highest BCUT2D eigenvalue weighted by Crippen LogP contribution is 2.02. The lowest BCUT2D eigenvalue weighted by molar-refractivity contribution is -0.136. The van der Waals surface area contributed by atoms with E-state index in [-0.39, 0.29) is 6.42 Å². The summed E-state index contributed by atoms with van der Waals surface area (Å²) < 4.78 is 0. The minimum Gasteiger partial charge on any atom is -0.481 e. The first-order valence-electron chi connectivity index (χ1n) is 3.66. The summed E-state index contributed by atoms with van der Waals surface area (Å²) in [4.78, 5) is 10.4. The van der Waals surface area contributed by atoms with E-state index in [4.69, 9.17) is 13.0 Å². The van der Waals surface area contributed by atoms with Crippen molar-refractivity contribution >= 4 is 19.3 Å². The van der Waals surface area contributed by atoms with Crippen molar-refractivity contribution in [3.8, 4) is 0 Å². The first-order valence-corrected chi connectivity index (χ1v) is 3.66. The highest BCUT2D eigenvalue weighted by Gasteiger charge is 2.00. The maximum absolute atomic E-state index is 10.4. The number of aryl methyl sites for hydroxylation is 1. The van der Waals surface area contributed by atoms with Crippen molar-refractivity contribution in [1.29, 1.82) is 0 Å². The predicted molar refractivity (Wildman–Crippen MR) is 47.9 cm³/mol. The lowest BCUT2D eigenvalue weighted by Gasteiger charge is -2.01. The minimum absolute atomic E-state index is 0.0336. The molecule has 1 aromatic carbocycles. The Kier molecular flexibility index (Phi) is 2.53. The van der Waals surface area contributed by atoms with Crippen LogP contribution in [0.2, 0.25) is 0 Å². The average Bonchev–Trinajstić information content (AvgIpc) is 1.81. The third kappa shape index (κ3) is 2.42. The molecule has 2 radical (unpaired) electrons. The molecular formula is C9H9BO2. The van der Waals surface area contributed by atoms with Gasteiger partial charge in [-0.3, -0.25) is 4.79 Å². The van der Waals surface area contributed by atoms with E-state index in [9.17, 15) is 4.79 Å². The quantitative estimate of drug-likeness (QED) is 0.636. The molecule has 3 heteroatoms. The van der Waals surface area contributed by atoms with Gasteiger partial charge in [0.2, 0.25) is 0 Å². The van der Waals surface area contributed by atoms with Crippen molar-refractivity contribution in [3.05, 3.63) is 29.3 Å². The van der Waals surface area contributed by atoms with Crippen molar-refractivity contribution in [3.63, 3.8) is 0 Å². The molecule has 0 aromatic heterocycles. The smallest absolute Gasteiger partial charge is 0.307 e. The van der Waals surface area contributed by atoms with Gasteiger partial charge in [0.15, 0.2) is 0 Å². The van der Waals surface area contributed by atoms with E-state index >= 15 is 0 Å². The Morgan fingerprint density at radius 2 is 2.17 bits per heavy atom. The van der Waals surface area contributed by atoms with Gasteiger partial charge in [0, 0.05) is 0 Å². The molecule has 0 fully saturated rings. The van der Waals surface area contributed by atoms with Crippen LogP contribution in [0.3, 0.4) is 0 Å². The van der Waals surface area contributed by atoms with Gasteiger partial charge in [-0.15, -0.1) is 0 Å². The number of benzene rings is 1. The molecule has 0 bridgehead atoms. The van der Waals surface area contributed by atoms with E-state index in [0.29, 0.717) is 5.46 Å². The van der Waals surface area contributed by atoms with Crippen molar-refractivity contribution in [1.82, 2.24) is 0 Å². The van der Waals surface area contributed by atoms with E-state index < -0.39 is 5.97 Å². The zero-order valence-corrected chi connectivity index (χ0v) is 6.87. The molecule has 1 aromatic rings. The Morgan fingerprint density at radius 1 is 1.50 bits per heavy atom. The number of carboxylic acids is 1. The number of hydrogen-bond acceptors (Lipinski definition) is 1. The van der Waals surface area contributed by atoms with Crippen LogP contribution in [0.25, 0.3) is 0 Å². The van der Waals surface area contributed by atoms with Gasteiger partial charge in [-0.25, -0.2) is 0 Å². The van der Waals surface area contributed by atoms with Crippen molar-refractivity contribution in [2.75, 3.05) is 0 Å². The third-order valence-corrected chi connectivity index (χ3v) is 1.51. The highest BCUT2D eigenvalue weighted by molar-refractivity contribution is 6.32. The zero-order chi connectivity index (χ0) is 9.14. The molecule has 0 amide bonds. The largest absolute Gasteiger partial charge is 0.481 e. The molecule has 1 rings (SSSR count). The molecule has 2 nitrogen and oxygen atoms in total. The lowest BCUT2D eigenvalue weighted by Crippen LogP contribution is -2.07. The van der Waals surface area contributed by atoms with Gasteiger partial charge in [0.25, 0.3) is 0 Å². The van der Waals surface area contributed by atoms with Gasteiger partial charge < -0.3 is 5.11 Å². The van der Waals surface area contributed by atoms with Crippen LogP contribution in [0.4, 0.5) is 0 Å². The summed E-state index contributed by atoms with van der Waals surface area (Å²) in [5, 5.41) is 8.51. The van der Waals surface area contributed by atoms with Crippen LogP contribution < -0.4 is 5.46 Å². The Morgan fingerprint density at radius 3 is 2.67 bits per heavy atom. The Bertz CT molecular complexity index is 287. The normalized spacial score (nSPS) is 9.75. The highest BCUT2D eigenvalue weighted by atomic mass is 16.4. The summed E-state index contributed by atoms with van der Waals surface area (Å²) in [5.74, 6) is -0.833. The van der Waals surface area contributed by atoms with E-state index in [1.807, 2.05) is 19.1 Å². The van der Waals surface area contributed by atoms with Crippen LogP contribution in [0.5, 0.6) is 0 Å². The molecule has 0 aliphatic heterocycles. The fourth-order valence-corrected chi connectivity index (χ4v) is 1.17. The van der Waals surface area contributed by atoms with Crippen molar-refractivity contribution < 1.29 is 9.90 Å². The average molecular weight is 160 g/mol. The Balaban J connectivity index is 2.93. The fourth-order valence-electron chi connectivity index (χ4n) is 1.17. The van der Waals surface area contributed by atoms with E-state index in [1.54, 1.807) is 6.07 Å². The SMILES string of the molecule is [B]c1cc(C)cc(CC(=O)O)c1. The summed E-state index contributed by atoms with van der Waals surface area (Å²) in [6.07, 6.45) is 0.0336. The van der Waals surface area contributed by atoms with Gasteiger partial charge in [0.1, 0.15) is 7.85 Å². The third-order valence-electron chi connectivity index (χ3n) is 1.51. The van der Waals surface area contributed by atoms with Gasteiger partial charge >= 0.3 is 5.97 Å². The zero-order valence-electron chi connectivity index (χ0n) is 6.87. The second-order valence-corrected chi connectivity index (χ2v) is 2.82. The van der Waals surface area contributed by atoms with Crippen molar-refractivity contribution in [2.45, 2.75) is 13.3 Å². The molecule has 0 saturated heterocycles. The Hall–Kier alpha value is -1.25. The molecular weight excluding hydrogens is 151 g/mol. The van der Waals surface area contributed by atoms with Crippen LogP contribution in [0.1, 0.15) is 11.1 Å². The Labute approximate surface area is 72.6 Å². The van der Waals surface area contributed by atoms with Crippen LogP contribution in [-0.4, -0.2) is 18.9 Å². The topological polar surface area (TPSA) is 37.3 Å². The number of aliphatic carboxylic acids is 1. The van der Waals surface area contributed by atoms with Crippen LogP contribution >= 0.6 is 0 Å². The molecule has 0 aliphatic carbocycles. The molecule has 0 atom stereocenters. The van der Waals surface area contributed by atoms with Gasteiger partial charge in [-0.1, -0.05) is 29.2 Å². The van der Waals surface area contributed by atoms with E-state index in [1.165, 1.54) is 0 Å². The molecule has 1 N–H and O–H groups in total. The summed E-state index contributed by atoms with van der Waals surface area (Å²) in [6.45, 7) is 1.89. The molecule has 0 unspecified atom stereocenters. The second-order valence-electron chi connectivity index (χ2n) is 2.82.